The Hall–Kier alpha value is -0.670. The Balaban J connectivity index is 2.14. The van der Waals surface area contributed by atoms with Crippen LogP contribution >= 0.6 is 0 Å². The van der Waals surface area contributed by atoms with E-state index in [1.165, 1.54) is 0 Å². The lowest BCUT2D eigenvalue weighted by atomic mass is 10.3. The summed E-state index contributed by atoms with van der Waals surface area (Å²) >= 11 is 0. The molecule has 0 amide bonds. The lowest BCUT2D eigenvalue weighted by Gasteiger charge is -2.01. The number of esters is 1. The average molecular weight is 178 g/mol. The van der Waals surface area contributed by atoms with E-state index < -0.39 is 17.8 Å². The number of carbonyl (C=O) groups excluding carboxylic acids is 1. The summed E-state index contributed by atoms with van der Waals surface area (Å²) in [6.45, 7) is 2.21. The highest BCUT2D eigenvalue weighted by Crippen LogP contribution is 2.49. The molecule has 0 aromatic carbocycles. The number of ether oxygens (including phenoxy) is 1. The van der Waals surface area contributed by atoms with Crippen molar-refractivity contribution < 1.29 is 18.3 Å². The molecule has 0 N–H and O–H groups in total. The van der Waals surface area contributed by atoms with E-state index in [0.29, 0.717) is 0 Å². The lowest BCUT2D eigenvalue weighted by Crippen LogP contribution is -2.12. The highest BCUT2D eigenvalue weighted by Gasteiger charge is 2.62. The first-order valence-corrected chi connectivity index (χ1v) is 4.12. The molecule has 0 saturated heterocycles. The van der Waals surface area contributed by atoms with E-state index in [1.54, 1.807) is 0 Å². The quantitative estimate of drug-likeness (QED) is 0.486. The molecule has 0 bridgehead atoms. The molecule has 1 atom stereocenters. The average Bonchev–Trinajstić information content (AvgIpc) is 2.60. The van der Waals surface area contributed by atoms with Crippen LogP contribution in [0.3, 0.4) is 0 Å². The molecule has 0 aliphatic heterocycles. The third kappa shape index (κ3) is 2.16. The number of halogens is 2. The molecule has 1 rings (SSSR count). The Kier molecular flexibility index (Phi) is 2.65. The van der Waals surface area contributed by atoms with Gasteiger partial charge in [-0.2, -0.15) is 0 Å². The predicted octanol–water partition coefficient (Wildman–Crippen LogP) is 1.98. The highest BCUT2D eigenvalue weighted by molar-refractivity contribution is 5.77. The molecule has 2 nitrogen and oxygen atoms in total. The van der Waals surface area contributed by atoms with Crippen LogP contribution in [-0.4, -0.2) is 18.5 Å². The molecule has 12 heavy (non-hydrogen) atoms. The summed E-state index contributed by atoms with van der Waals surface area (Å²) in [6.07, 6.45) is 1.30. The van der Waals surface area contributed by atoms with Crippen LogP contribution in [0.1, 0.15) is 26.2 Å². The summed E-state index contributed by atoms with van der Waals surface area (Å²) in [5.41, 5.74) is 0. The second-order valence-electron chi connectivity index (χ2n) is 3.04. The summed E-state index contributed by atoms with van der Waals surface area (Å²) in [7, 11) is 0. The van der Waals surface area contributed by atoms with Gasteiger partial charge in [-0.15, -0.1) is 0 Å². The number of alkyl halides is 2. The van der Waals surface area contributed by atoms with Gasteiger partial charge in [0.2, 0.25) is 0 Å². The molecule has 70 valence electrons. The Labute approximate surface area is 69.9 Å². The normalized spacial score (nSPS) is 25.1. The van der Waals surface area contributed by atoms with Crippen molar-refractivity contribution in [2.75, 3.05) is 6.61 Å². The van der Waals surface area contributed by atoms with Gasteiger partial charge in [0.05, 0.1) is 6.61 Å². The van der Waals surface area contributed by atoms with Gasteiger partial charge in [0.15, 0.2) is 0 Å². The number of hydrogen-bond acceptors (Lipinski definition) is 2. The maximum Gasteiger partial charge on any atom is 0.315 e. The Morgan fingerprint density at radius 3 is 2.67 bits per heavy atom. The summed E-state index contributed by atoms with van der Waals surface area (Å²) in [5, 5.41) is 0. The number of unbranched alkanes of at least 4 members (excludes halogenated alkanes) is 1. The first-order valence-electron chi connectivity index (χ1n) is 4.12. The predicted molar refractivity (Wildman–Crippen MR) is 38.9 cm³/mol. The van der Waals surface area contributed by atoms with E-state index in [2.05, 4.69) is 4.74 Å². The highest BCUT2D eigenvalue weighted by atomic mass is 19.3. The minimum Gasteiger partial charge on any atom is -0.465 e. The van der Waals surface area contributed by atoms with Gasteiger partial charge in [-0.1, -0.05) is 13.3 Å². The molecule has 0 aromatic heterocycles. The monoisotopic (exact) mass is 178 g/mol. The zero-order valence-electron chi connectivity index (χ0n) is 6.98. The molecule has 4 heteroatoms. The summed E-state index contributed by atoms with van der Waals surface area (Å²) in [6, 6.07) is 0. The Morgan fingerprint density at radius 2 is 2.25 bits per heavy atom. The molecule has 0 radical (unpaired) electrons. The maximum absolute atomic E-state index is 12.3. The van der Waals surface area contributed by atoms with Gasteiger partial charge in [0.25, 0.3) is 5.92 Å². The van der Waals surface area contributed by atoms with Crippen molar-refractivity contribution in [2.45, 2.75) is 32.1 Å². The van der Waals surface area contributed by atoms with Crippen LogP contribution in [0.5, 0.6) is 0 Å². The molecular formula is C8H12F2O2. The van der Waals surface area contributed by atoms with Crippen LogP contribution < -0.4 is 0 Å². The molecule has 1 aliphatic carbocycles. The molecular weight excluding hydrogens is 166 g/mol. The number of carbonyl (C=O) groups is 1. The van der Waals surface area contributed by atoms with Gasteiger partial charge in [0, 0.05) is 6.42 Å². The van der Waals surface area contributed by atoms with E-state index in [1.807, 2.05) is 6.92 Å². The van der Waals surface area contributed by atoms with Gasteiger partial charge < -0.3 is 4.74 Å². The van der Waals surface area contributed by atoms with E-state index in [4.69, 9.17) is 0 Å². The van der Waals surface area contributed by atoms with Crippen LogP contribution in [-0.2, 0) is 9.53 Å². The first kappa shape index (κ1) is 9.42. The lowest BCUT2D eigenvalue weighted by molar-refractivity contribution is -0.147. The fourth-order valence-electron chi connectivity index (χ4n) is 0.887. The third-order valence-corrected chi connectivity index (χ3v) is 1.85. The van der Waals surface area contributed by atoms with Crippen molar-refractivity contribution in [3.63, 3.8) is 0 Å². The van der Waals surface area contributed by atoms with Crippen molar-refractivity contribution >= 4 is 5.97 Å². The maximum atomic E-state index is 12.3. The number of hydrogen-bond donors (Lipinski definition) is 0. The first-order chi connectivity index (χ1) is 5.58. The van der Waals surface area contributed by atoms with Crippen LogP contribution in [0, 0.1) is 5.92 Å². The molecule has 0 aromatic rings. The fraction of sp³-hybridized carbons (Fsp3) is 0.875. The van der Waals surface area contributed by atoms with E-state index in [-0.39, 0.29) is 13.0 Å². The van der Waals surface area contributed by atoms with Crippen molar-refractivity contribution in [3.8, 4) is 0 Å². The Bertz CT molecular complexity index is 180. The van der Waals surface area contributed by atoms with Crippen LogP contribution in [0.25, 0.3) is 0 Å². The van der Waals surface area contributed by atoms with Crippen molar-refractivity contribution in [2.24, 2.45) is 5.92 Å². The SMILES string of the molecule is CCCCOC(=O)C1CC1(F)F. The van der Waals surface area contributed by atoms with Crippen molar-refractivity contribution in [1.29, 1.82) is 0 Å². The second kappa shape index (κ2) is 3.37. The minimum atomic E-state index is -2.79. The van der Waals surface area contributed by atoms with Crippen molar-refractivity contribution in [3.05, 3.63) is 0 Å². The van der Waals surface area contributed by atoms with Crippen LogP contribution in [0.15, 0.2) is 0 Å². The molecule has 0 heterocycles. The molecule has 1 saturated carbocycles. The van der Waals surface area contributed by atoms with Crippen LogP contribution in [0.2, 0.25) is 0 Å². The second-order valence-corrected chi connectivity index (χ2v) is 3.04. The zero-order chi connectivity index (χ0) is 9.19. The third-order valence-electron chi connectivity index (χ3n) is 1.85. The molecule has 0 spiro atoms. The van der Waals surface area contributed by atoms with Crippen molar-refractivity contribution in [1.82, 2.24) is 0 Å². The molecule has 1 aliphatic rings. The summed E-state index contributed by atoms with van der Waals surface area (Å²) < 4.78 is 29.1. The van der Waals surface area contributed by atoms with Gasteiger partial charge in [0.1, 0.15) is 5.92 Å². The van der Waals surface area contributed by atoms with Gasteiger partial charge >= 0.3 is 5.97 Å². The zero-order valence-corrected chi connectivity index (χ0v) is 6.98. The standard InChI is InChI=1S/C8H12F2O2/c1-2-3-4-12-7(11)6-5-8(6,9)10/h6H,2-5H2,1H3. The topological polar surface area (TPSA) is 26.3 Å². The van der Waals surface area contributed by atoms with Gasteiger partial charge in [-0.3, -0.25) is 4.79 Å². The Morgan fingerprint density at radius 1 is 1.67 bits per heavy atom. The van der Waals surface area contributed by atoms with Crippen LogP contribution in [0.4, 0.5) is 8.78 Å². The largest absolute Gasteiger partial charge is 0.465 e. The number of rotatable bonds is 4. The summed E-state index contributed by atoms with van der Waals surface area (Å²) in [4.78, 5) is 10.8. The summed E-state index contributed by atoms with van der Waals surface area (Å²) in [5.74, 6) is -4.69. The molecule has 1 fully saturated rings. The van der Waals surface area contributed by atoms with Gasteiger partial charge in [-0.05, 0) is 6.42 Å². The fourth-order valence-corrected chi connectivity index (χ4v) is 0.887. The van der Waals surface area contributed by atoms with E-state index in [9.17, 15) is 13.6 Å². The molecule has 1 unspecified atom stereocenters. The van der Waals surface area contributed by atoms with E-state index >= 15 is 0 Å². The smallest absolute Gasteiger partial charge is 0.315 e. The van der Waals surface area contributed by atoms with E-state index in [0.717, 1.165) is 12.8 Å². The minimum absolute atomic E-state index is 0.266. The van der Waals surface area contributed by atoms with Gasteiger partial charge in [-0.25, -0.2) is 8.78 Å².